The van der Waals surface area contributed by atoms with Crippen LogP contribution in [0.1, 0.15) is 38.8 Å². The highest BCUT2D eigenvalue weighted by Crippen LogP contribution is 2.24. The maximum atomic E-state index is 5.49. The van der Waals surface area contributed by atoms with Crippen molar-refractivity contribution in [3.63, 3.8) is 0 Å². The van der Waals surface area contributed by atoms with E-state index in [4.69, 9.17) is 4.74 Å². The van der Waals surface area contributed by atoms with E-state index in [-0.39, 0.29) is 0 Å². The van der Waals surface area contributed by atoms with E-state index in [1.807, 2.05) is 12.1 Å². The van der Waals surface area contributed by atoms with Crippen molar-refractivity contribution >= 4 is 11.0 Å². The molecule has 0 bridgehead atoms. The lowest BCUT2D eigenvalue weighted by Gasteiger charge is -2.34. The highest BCUT2D eigenvalue weighted by atomic mass is 16.5. The standard InChI is InChI=1S/C16H24N4O/c1-2-3-4-9-16(19-10-12-21-13-11-19)20-15-8-6-5-7-14(15)17-18-20/h5-8,16H,2-4,9-13H2,1H3. The minimum Gasteiger partial charge on any atom is -0.379 e. The topological polar surface area (TPSA) is 43.2 Å². The fourth-order valence-electron chi connectivity index (χ4n) is 3.02. The van der Waals surface area contributed by atoms with Gasteiger partial charge in [0.15, 0.2) is 0 Å². The second-order valence-electron chi connectivity index (χ2n) is 5.65. The first-order valence-electron chi connectivity index (χ1n) is 8.02. The molecule has 3 rings (SSSR count). The highest BCUT2D eigenvalue weighted by molar-refractivity contribution is 5.73. The Morgan fingerprint density at radius 3 is 2.81 bits per heavy atom. The Morgan fingerprint density at radius 1 is 1.19 bits per heavy atom. The van der Waals surface area contributed by atoms with Crippen molar-refractivity contribution in [1.82, 2.24) is 19.9 Å². The molecular formula is C16H24N4O. The summed E-state index contributed by atoms with van der Waals surface area (Å²) in [7, 11) is 0. The minimum absolute atomic E-state index is 0.299. The molecule has 1 saturated heterocycles. The Bertz CT molecular complexity index is 562. The zero-order chi connectivity index (χ0) is 14.5. The van der Waals surface area contributed by atoms with E-state index in [2.05, 4.69) is 39.0 Å². The van der Waals surface area contributed by atoms with Crippen LogP contribution >= 0.6 is 0 Å². The molecule has 1 atom stereocenters. The van der Waals surface area contributed by atoms with Crippen molar-refractivity contribution in [2.45, 2.75) is 38.8 Å². The fourth-order valence-corrected chi connectivity index (χ4v) is 3.02. The summed E-state index contributed by atoms with van der Waals surface area (Å²) in [5, 5.41) is 8.75. The number of unbranched alkanes of at least 4 members (excludes halogenated alkanes) is 2. The van der Waals surface area contributed by atoms with Gasteiger partial charge in [-0.05, 0) is 25.0 Å². The first-order valence-corrected chi connectivity index (χ1v) is 8.02. The van der Waals surface area contributed by atoms with Crippen molar-refractivity contribution in [3.8, 4) is 0 Å². The molecule has 1 fully saturated rings. The lowest BCUT2D eigenvalue weighted by molar-refractivity contribution is -0.00752. The van der Waals surface area contributed by atoms with Crippen molar-refractivity contribution in [3.05, 3.63) is 24.3 Å². The zero-order valence-electron chi connectivity index (χ0n) is 12.7. The van der Waals surface area contributed by atoms with Crippen molar-refractivity contribution in [2.24, 2.45) is 0 Å². The summed E-state index contributed by atoms with van der Waals surface area (Å²) in [5.74, 6) is 0. The number of benzene rings is 1. The monoisotopic (exact) mass is 288 g/mol. The number of morpholine rings is 1. The number of rotatable bonds is 6. The van der Waals surface area contributed by atoms with Gasteiger partial charge in [-0.3, -0.25) is 4.90 Å². The van der Waals surface area contributed by atoms with Crippen molar-refractivity contribution < 1.29 is 4.74 Å². The van der Waals surface area contributed by atoms with Crippen LogP contribution in [-0.4, -0.2) is 46.2 Å². The van der Waals surface area contributed by atoms with Gasteiger partial charge in [0.2, 0.25) is 0 Å². The molecule has 5 heteroatoms. The van der Waals surface area contributed by atoms with Crippen LogP contribution in [0.5, 0.6) is 0 Å². The molecule has 5 nitrogen and oxygen atoms in total. The summed E-state index contributed by atoms with van der Waals surface area (Å²) in [6.07, 6.45) is 5.17. The van der Waals surface area contributed by atoms with Gasteiger partial charge in [-0.1, -0.05) is 37.1 Å². The molecule has 21 heavy (non-hydrogen) atoms. The summed E-state index contributed by atoms with van der Waals surface area (Å²) >= 11 is 0. The molecule has 1 aromatic heterocycles. The summed E-state index contributed by atoms with van der Waals surface area (Å²) in [6.45, 7) is 5.83. The van der Waals surface area contributed by atoms with E-state index in [1.165, 1.54) is 19.3 Å². The van der Waals surface area contributed by atoms with E-state index in [0.717, 1.165) is 43.8 Å². The molecule has 1 unspecified atom stereocenters. The van der Waals surface area contributed by atoms with Crippen LogP contribution < -0.4 is 0 Å². The molecule has 1 aromatic carbocycles. The lowest BCUT2D eigenvalue weighted by atomic mass is 10.1. The van der Waals surface area contributed by atoms with E-state index in [1.54, 1.807) is 0 Å². The fraction of sp³-hybridized carbons (Fsp3) is 0.625. The number of para-hydroxylation sites is 1. The molecule has 2 aromatic rings. The minimum atomic E-state index is 0.299. The number of hydrogen-bond donors (Lipinski definition) is 0. The van der Waals surface area contributed by atoms with E-state index < -0.39 is 0 Å². The van der Waals surface area contributed by atoms with Gasteiger partial charge in [0.25, 0.3) is 0 Å². The molecule has 0 N–H and O–H groups in total. The van der Waals surface area contributed by atoms with E-state index >= 15 is 0 Å². The van der Waals surface area contributed by atoms with Crippen LogP contribution in [0.15, 0.2) is 24.3 Å². The SMILES string of the molecule is CCCCCC(N1CCOCC1)n1nnc2ccccc21. The van der Waals surface area contributed by atoms with Gasteiger partial charge in [-0.2, -0.15) is 0 Å². The first-order chi connectivity index (χ1) is 10.4. The zero-order valence-corrected chi connectivity index (χ0v) is 12.7. The second-order valence-corrected chi connectivity index (χ2v) is 5.65. The Morgan fingerprint density at radius 2 is 2.00 bits per heavy atom. The van der Waals surface area contributed by atoms with Crippen LogP contribution in [0.4, 0.5) is 0 Å². The average molecular weight is 288 g/mol. The third-order valence-electron chi connectivity index (χ3n) is 4.19. The third-order valence-corrected chi connectivity index (χ3v) is 4.19. The summed E-state index contributed by atoms with van der Waals surface area (Å²) in [5.41, 5.74) is 2.11. The van der Waals surface area contributed by atoms with Crippen molar-refractivity contribution in [2.75, 3.05) is 26.3 Å². The van der Waals surface area contributed by atoms with Crippen LogP contribution in [0.2, 0.25) is 0 Å². The number of aromatic nitrogens is 3. The maximum Gasteiger partial charge on any atom is 0.113 e. The van der Waals surface area contributed by atoms with E-state index in [0.29, 0.717) is 6.17 Å². The van der Waals surface area contributed by atoms with Gasteiger partial charge >= 0.3 is 0 Å². The maximum absolute atomic E-state index is 5.49. The van der Waals surface area contributed by atoms with Gasteiger partial charge in [-0.15, -0.1) is 5.10 Å². The molecule has 0 saturated carbocycles. The van der Waals surface area contributed by atoms with Crippen LogP contribution in [-0.2, 0) is 4.74 Å². The van der Waals surface area contributed by atoms with Gasteiger partial charge < -0.3 is 4.74 Å². The average Bonchev–Trinajstić information content (AvgIpc) is 2.96. The summed E-state index contributed by atoms with van der Waals surface area (Å²) < 4.78 is 7.60. The molecule has 2 heterocycles. The molecule has 114 valence electrons. The van der Waals surface area contributed by atoms with Gasteiger partial charge in [-0.25, -0.2) is 4.68 Å². The molecule has 0 amide bonds. The molecule has 1 aliphatic rings. The van der Waals surface area contributed by atoms with Gasteiger partial charge in [0, 0.05) is 13.1 Å². The first kappa shape index (κ1) is 14.5. The normalized spacial score (nSPS) is 18.1. The van der Waals surface area contributed by atoms with Crippen LogP contribution in [0.25, 0.3) is 11.0 Å². The second kappa shape index (κ2) is 7.00. The number of fused-ring (bicyclic) bond motifs is 1. The van der Waals surface area contributed by atoms with Gasteiger partial charge in [0.05, 0.1) is 18.7 Å². The largest absolute Gasteiger partial charge is 0.379 e. The van der Waals surface area contributed by atoms with Gasteiger partial charge in [0.1, 0.15) is 11.7 Å². The Labute approximate surface area is 125 Å². The van der Waals surface area contributed by atoms with Crippen LogP contribution in [0, 0.1) is 0 Å². The predicted octanol–water partition coefficient (Wildman–Crippen LogP) is 2.84. The van der Waals surface area contributed by atoms with Crippen molar-refractivity contribution in [1.29, 1.82) is 0 Å². The predicted molar refractivity (Wildman–Crippen MR) is 83.1 cm³/mol. The number of hydrogen-bond acceptors (Lipinski definition) is 4. The Hall–Kier alpha value is -1.46. The number of ether oxygens (including phenoxy) is 1. The molecule has 1 aliphatic heterocycles. The smallest absolute Gasteiger partial charge is 0.113 e. The highest BCUT2D eigenvalue weighted by Gasteiger charge is 2.24. The quantitative estimate of drug-likeness (QED) is 0.767. The molecular weight excluding hydrogens is 264 g/mol. The summed E-state index contributed by atoms with van der Waals surface area (Å²) in [4.78, 5) is 2.49. The lowest BCUT2D eigenvalue weighted by Crippen LogP contribution is -2.41. The molecule has 0 spiro atoms. The Balaban J connectivity index is 1.85. The van der Waals surface area contributed by atoms with E-state index in [9.17, 15) is 0 Å². The van der Waals surface area contributed by atoms with Crippen LogP contribution in [0.3, 0.4) is 0 Å². The number of nitrogens with zero attached hydrogens (tertiary/aromatic N) is 4. The molecule has 0 radical (unpaired) electrons. The Kier molecular flexibility index (Phi) is 4.83. The molecule has 0 aliphatic carbocycles. The third kappa shape index (κ3) is 3.24. The summed E-state index contributed by atoms with van der Waals surface area (Å²) in [6, 6.07) is 8.22.